The topological polar surface area (TPSA) is 84.7 Å². The molecule has 0 saturated heterocycles. The van der Waals surface area contributed by atoms with Gasteiger partial charge in [0.05, 0.1) is 0 Å². The zero-order valence-corrected chi connectivity index (χ0v) is 10.4. The quantitative estimate of drug-likeness (QED) is 0.886. The molecule has 0 fully saturated rings. The Kier molecular flexibility index (Phi) is 2.93. The molecule has 0 spiro atoms. The summed E-state index contributed by atoms with van der Waals surface area (Å²) in [4.78, 5) is 11.1. The second kappa shape index (κ2) is 4.25. The number of aromatic amines is 1. The van der Waals surface area contributed by atoms with E-state index in [1.807, 2.05) is 0 Å². The highest BCUT2D eigenvalue weighted by atomic mass is 79.9. The number of primary amides is 1. The van der Waals surface area contributed by atoms with Gasteiger partial charge in [-0.2, -0.15) is 15.4 Å². The lowest BCUT2D eigenvalue weighted by molar-refractivity contribution is 0.0996. The Balaban J connectivity index is 2.65. The van der Waals surface area contributed by atoms with Crippen LogP contribution in [0.15, 0.2) is 16.6 Å². The molecule has 0 aliphatic rings. The molecule has 7 heteroatoms. The Morgan fingerprint density at radius 3 is 2.82 bits per heavy atom. The Bertz CT molecular complexity index is 596. The maximum Gasteiger partial charge on any atom is 0.271 e. The predicted molar refractivity (Wildman–Crippen MR) is 62.7 cm³/mol. The molecule has 0 aliphatic heterocycles. The van der Waals surface area contributed by atoms with Gasteiger partial charge in [0.25, 0.3) is 5.91 Å². The number of halogens is 2. The minimum absolute atomic E-state index is 0.0781. The number of rotatable bonds is 2. The van der Waals surface area contributed by atoms with Gasteiger partial charge in [-0.15, -0.1) is 0 Å². The number of nitrogens with one attached hydrogen (secondary N) is 1. The second-order valence-corrected chi connectivity index (χ2v) is 4.27. The summed E-state index contributed by atoms with van der Waals surface area (Å²) in [6.07, 6.45) is 0. The van der Waals surface area contributed by atoms with Gasteiger partial charge < -0.3 is 5.73 Å². The van der Waals surface area contributed by atoms with Crippen molar-refractivity contribution in [3.63, 3.8) is 0 Å². The lowest BCUT2D eigenvalue weighted by Gasteiger charge is -2.05. The maximum atomic E-state index is 14.0. The van der Waals surface area contributed by atoms with Crippen molar-refractivity contribution >= 4 is 21.8 Å². The van der Waals surface area contributed by atoms with Crippen LogP contribution in [-0.4, -0.2) is 21.3 Å². The summed E-state index contributed by atoms with van der Waals surface area (Å²) in [6.45, 7) is 1.62. The highest BCUT2D eigenvalue weighted by Crippen LogP contribution is 2.29. The molecule has 2 rings (SSSR count). The van der Waals surface area contributed by atoms with Crippen molar-refractivity contribution in [3.8, 4) is 11.3 Å². The number of nitrogens with two attached hydrogens (primary N) is 1. The fourth-order valence-electron chi connectivity index (χ4n) is 1.43. The average molecular weight is 299 g/mol. The predicted octanol–water partition coefficient (Wildman–Crippen LogP) is 1.78. The van der Waals surface area contributed by atoms with Crippen LogP contribution in [0.2, 0.25) is 0 Å². The SMILES string of the molecule is Cc1c(Br)ccc(-c2n[nH]nc2C(N)=O)c1F. The summed E-state index contributed by atoms with van der Waals surface area (Å²) in [5.41, 5.74) is 5.78. The minimum Gasteiger partial charge on any atom is -0.364 e. The van der Waals surface area contributed by atoms with Gasteiger partial charge in [0.15, 0.2) is 5.69 Å². The molecule has 0 atom stereocenters. The van der Waals surface area contributed by atoms with E-state index >= 15 is 0 Å². The van der Waals surface area contributed by atoms with Gasteiger partial charge >= 0.3 is 0 Å². The van der Waals surface area contributed by atoms with E-state index in [1.54, 1.807) is 13.0 Å². The monoisotopic (exact) mass is 298 g/mol. The summed E-state index contributed by atoms with van der Waals surface area (Å²) < 4.78 is 14.6. The molecule has 2 aromatic rings. The molecule has 88 valence electrons. The van der Waals surface area contributed by atoms with E-state index < -0.39 is 11.7 Å². The lowest BCUT2D eigenvalue weighted by atomic mass is 10.1. The molecular weight excluding hydrogens is 291 g/mol. The van der Waals surface area contributed by atoms with E-state index in [-0.39, 0.29) is 17.0 Å². The van der Waals surface area contributed by atoms with Gasteiger partial charge in [-0.1, -0.05) is 15.9 Å². The molecule has 0 radical (unpaired) electrons. The summed E-state index contributed by atoms with van der Waals surface area (Å²) in [7, 11) is 0. The number of carbonyl (C=O) groups is 1. The number of aromatic nitrogens is 3. The Hall–Kier alpha value is -1.76. The van der Waals surface area contributed by atoms with E-state index in [9.17, 15) is 9.18 Å². The highest BCUT2D eigenvalue weighted by Gasteiger charge is 2.19. The summed E-state index contributed by atoms with van der Waals surface area (Å²) in [5, 5.41) is 9.60. The Morgan fingerprint density at radius 1 is 1.47 bits per heavy atom. The smallest absolute Gasteiger partial charge is 0.271 e. The number of benzene rings is 1. The first-order chi connectivity index (χ1) is 8.02. The van der Waals surface area contributed by atoms with E-state index in [2.05, 4.69) is 31.3 Å². The van der Waals surface area contributed by atoms with Crippen LogP contribution in [0.25, 0.3) is 11.3 Å². The van der Waals surface area contributed by atoms with Crippen molar-refractivity contribution in [2.45, 2.75) is 6.92 Å². The Labute approximate surface area is 104 Å². The Morgan fingerprint density at radius 2 is 2.18 bits per heavy atom. The molecule has 1 aromatic heterocycles. The molecular formula is C10H8BrFN4O. The van der Waals surface area contributed by atoms with Crippen LogP contribution < -0.4 is 5.73 Å². The van der Waals surface area contributed by atoms with Gasteiger partial charge in [0.2, 0.25) is 0 Å². The summed E-state index contributed by atoms with van der Waals surface area (Å²) in [6, 6.07) is 3.18. The average Bonchev–Trinajstić information content (AvgIpc) is 2.75. The normalized spacial score (nSPS) is 10.5. The van der Waals surface area contributed by atoms with Crippen LogP contribution in [0.3, 0.4) is 0 Å². The largest absolute Gasteiger partial charge is 0.364 e. The molecule has 0 aliphatic carbocycles. The van der Waals surface area contributed by atoms with E-state index in [0.717, 1.165) is 0 Å². The van der Waals surface area contributed by atoms with Crippen molar-refractivity contribution in [2.75, 3.05) is 0 Å². The number of hydrogen-bond donors (Lipinski definition) is 2. The summed E-state index contributed by atoms with van der Waals surface area (Å²) in [5.74, 6) is -1.22. The van der Waals surface area contributed by atoms with Gasteiger partial charge in [-0.05, 0) is 24.6 Å². The van der Waals surface area contributed by atoms with E-state index in [4.69, 9.17) is 5.73 Å². The number of hydrogen-bond acceptors (Lipinski definition) is 3. The van der Waals surface area contributed by atoms with Crippen molar-refractivity contribution in [2.24, 2.45) is 5.73 Å². The second-order valence-electron chi connectivity index (χ2n) is 3.42. The first kappa shape index (κ1) is 11.7. The number of carbonyl (C=O) groups excluding carboxylic acids is 1. The molecule has 3 N–H and O–H groups in total. The third-order valence-corrected chi connectivity index (χ3v) is 3.22. The fourth-order valence-corrected chi connectivity index (χ4v) is 1.74. The van der Waals surface area contributed by atoms with Crippen LogP contribution in [-0.2, 0) is 0 Å². The van der Waals surface area contributed by atoms with Crippen LogP contribution in [0.1, 0.15) is 16.1 Å². The third kappa shape index (κ3) is 1.93. The van der Waals surface area contributed by atoms with Crippen LogP contribution in [0.4, 0.5) is 4.39 Å². The summed E-state index contributed by atoms with van der Waals surface area (Å²) >= 11 is 3.22. The molecule has 1 heterocycles. The highest BCUT2D eigenvalue weighted by molar-refractivity contribution is 9.10. The number of nitrogens with zero attached hydrogens (tertiary/aromatic N) is 2. The molecule has 0 unspecified atom stereocenters. The van der Waals surface area contributed by atoms with Crippen LogP contribution in [0, 0.1) is 12.7 Å². The number of amides is 1. The zero-order valence-electron chi connectivity index (χ0n) is 8.79. The first-order valence-corrected chi connectivity index (χ1v) is 5.47. The maximum absolute atomic E-state index is 14.0. The van der Waals surface area contributed by atoms with E-state index in [1.165, 1.54) is 6.07 Å². The molecule has 0 bridgehead atoms. The standard InChI is InChI=1S/C10H8BrFN4O/c1-4-6(11)3-2-5(7(4)12)8-9(10(13)17)15-16-14-8/h2-3H,1H3,(H2,13,17)(H,14,15,16). The third-order valence-electron chi connectivity index (χ3n) is 2.36. The zero-order chi connectivity index (χ0) is 12.6. The van der Waals surface area contributed by atoms with Crippen molar-refractivity contribution in [3.05, 3.63) is 33.7 Å². The number of H-pyrrole nitrogens is 1. The van der Waals surface area contributed by atoms with Crippen molar-refractivity contribution < 1.29 is 9.18 Å². The van der Waals surface area contributed by atoms with Gasteiger partial charge in [-0.25, -0.2) is 4.39 Å². The molecule has 1 amide bonds. The van der Waals surface area contributed by atoms with Crippen LogP contribution >= 0.6 is 15.9 Å². The molecule has 5 nitrogen and oxygen atoms in total. The molecule has 1 aromatic carbocycles. The molecule has 17 heavy (non-hydrogen) atoms. The van der Waals surface area contributed by atoms with Gasteiger partial charge in [-0.3, -0.25) is 4.79 Å². The first-order valence-electron chi connectivity index (χ1n) is 4.68. The van der Waals surface area contributed by atoms with E-state index in [0.29, 0.717) is 10.0 Å². The van der Waals surface area contributed by atoms with Gasteiger partial charge in [0.1, 0.15) is 11.5 Å². The molecule has 0 saturated carbocycles. The van der Waals surface area contributed by atoms with Crippen molar-refractivity contribution in [1.29, 1.82) is 0 Å². The van der Waals surface area contributed by atoms with Crippen molar-refractivity contribution in [1.82, 2.24) is 15.4 Å². The fraction of sp³-hybridized carbons (Fsp3) is 0.100. The van der Waals surface area contributed by atoms with Crippen LogP contribution in [0.5, 0.6) is 0 Å². The minimum atomic E-state index is -0.756. The van der Waals surface area contributed by atoms with Gasteiger partial charge in [0, 0.05) is 10.0 Å². The lowest BCUT2D eigenvalue weighted by Crippen LogP contribution is -2.13.